The number of hydrogen-bond acceptors (Lipinski definition) is 0. The molecule has 1 heterocycles. The number of fused-ring (bicyclic) bond motifs is 1. The molecule has 2 aromatic carbocycles. The minimum Gasteiger partial charge on any atom is -0.320 e. The minimum atomic E-state index is 0.571. The van der Waals surface area contributed by atoms with Crippen LogP contribution in [0.4, 0.5) is 0 Å². The zero-order valence-corrected chi connectivity index (χ0v) is 21.4. The predicted molar refractivity (Wildman–Crippen MR) is 155 cm³/mol. The summed E-state index contributed by atoms with van der Waals surface area (Å²) in [7, 11) is 0. The molecule has 1 heteroatoms. The maximum absolute atomic E-state index is 3.76. The molecule has 0 aliphatic heterocycles. The molecule has 0 spiro atoms. The number of hydrogen-bond donors (Lipinski definition) is 0. The molecule has 178 valence electrons. The van der Waals surface area contributed by atoms with Crippen LogP contribution in [0.5, 0.6) is 0 Å². The highest BCUT2D eigenvalue weighted by Crippen LogP contribution is 2.33. The van der Waals surface area contributed by atoms with Crippen molar-refractivity contribution in [3.8, 4) is 11.1 Å². The Morgan fingerprint density at radius 1 is 1.06 bits per heavy atom. The summed E-state index contributed by atoms with van der Waals surface area (Å²) in [6, 6.07) is 16.0. The summed E-state index contributed by atoms with van der Waals surface area (Å²) in [5.74, 6) is 0.571. The first kappa shape index (κ1) is 24.5. The van der Waals surface area contributed by atoms with E-state index < -0.39 is 0 Å². The quantitative estimate of drug-likeness (QED) is 0.281. The smallest absolute Gasteiger partial charge is 0.0532 e. The Balaban J connectivity index is 1.72. The highest BCUT2D eigenvalue weighted by Gasteiger charge is 2.15. The Bertz CT molecular complexity index is 1340. The zero-order chi connectivity index (χ0) is 24.6. The lowest BCUT2D eigenvalue weighted by molar-refractivity contribution is 0.640. The van der Waals surface area contributed by atoms with Crippen LogP contribution in [-0.2, 0) is 12.8 Å². The van der Waals surface area contributed by atoms with Gasteiger partial charge in [-0.15, -0.1) is 0 Å². The molecule has 1 unspecified atom stereocenters. The fourth-order valence-corrected chi connectivity index (χ4v) is 5.13. The molecule has 1 aliphatic rings. The Morgan fingerprint density at radius 3 is 2.66 bits per heavy atom. The van der Waals surface area contributed by atoms with Gasteiger partial charge in [-0.2, -0.15) is 0 Å². The summed E-state index contributed by atoms with van der Waals surface area (Å²) in [4.78, 5) is 0. The molecule has 0 N–H and O–H groups in total. The van der Waals surface area contributed by atoms with Crippen LogP contribution in [-0.4, -0.2) is 4.57 Å². The second kappa shape index (κ2) is 11.7. The van der Waals surface area contributed by atoms with E-state index in [0.29, 0.717) is 5.92 Å². The fourth-order valence-electron chi connectivity index (χ4n) is 5.13. The first-order valence-corrected chi connectivity index (χ1v) is 12.9. The standard InChI is InChI=1S/C34H37N/c1-5-8-9-13-22-35-33(7-3)31(15-6-2)32-25-30(20-21-34(32)35)29-19-14-16-27(24-29)23-26(4)28-17-11-10-12-18-28/h5-6,8-11,13-17,19-22,24-26H,1,7,12,18,23H2,2-4H3/b9-8-,15-6-,22-13-. The molecule has 4 rings (SSSR count). The molecule has 0 bridgehead atoms. The van der Waals surface area contributed by atoms with Gasteiger partial charge in [0.1, 0.15) is 0 Å². The number of allylic oxidation sites excluding steroid dienone is 9. The van der Waals surface area contributed by atoms with Crippen molar-refractivity contribution in [1.82, 2.24) is 4.57 Å². The van der Waals surface area contributed by atoms with Gasteiger partial charge in [0.2, 0.25) is 0 Å². The molecule has 0 saturated heterocycles. The van der Waals surface area contributed by atoms with Crippen molar-refractivity contribution >= 4 is 23.2 Å². The van der Waals surface area contributed by atoms with Crippen molar-refractivity contribution in [2.75, 3.05) is 0 Å². The van der Waals surface area contributed by atoms with Gasteiger partial charge in [-0.05, 0) is 73.4 Å². The molecule has 0 saturated carbocycles. The second-order valence-electron chi connectivity index (χ2n) is 9.29. The molecule has 1 atom stereocenters. The van der Waals surface area contributed by atoms with Gasteiger partial charge >= 0.3 is 0 Å². The Kier molecular flexibility index (Phi) is 8.21. The number of aromatic nitrogens is 1. The van der Waals surface area contributed by atoms with E-state index in [4.69, 9.17) is 0 Å². The van der Waals surface area contributed by atoms with Crippen LogP contribution in [0.3, 0.4) is 0 Å². The van der Waals surface area contributed by atoms with Crippen LogP contribution < -0.4 is 0 Å². The molecule has 3 aromatic rings. The highest BCUT2D eigenvalue weighted by molar-refractivity contribution is 5.95. The van der Waals surface area contributed by atoms with E-state index >= 15 is 0 Å². The summed E-state index contributed by atoms with van der Waals surface area (Å²) in [5, 5.41) is 1.30. The first-order chi connectivity index (χ1) is 17.2. The van der Waals surface area contributed by atoms with Crippen LogP contribution in [0.25, 0.3) is 34.3 Å². The minimum absolute atomic E-state index is 0.571. The third-order valence-corrected chi connectivity index (χ3v) is 6.89. The Labute approximate surface area is 211 Å². The lowest BCUT2D eigenvalue weighted by Crippen LogP contribution is -2.05. The summed E-state index contributed by atoms with van der Waals surface area (Å²) >= 11 is 0. The van der Waals surface area contributed by atoms with Crippen LogP contribution in [0.2, 0.25) is 0 Å². The molecule has 1 aromatic heterocycles. The normalized spacial score (nSPS) is 15.0. The van der Waals surface area contributed by atoms with E-state index in [1.165, 1.54) is 51.7 Å². The Morgan fingerprint density at radius 2 is 1.91 bits per heavy atom. The van der Waals surface area contributed by atoms with Gasteiger partial charge in [0.05, 0.1) is 5.52 Å². The van der Waals surface area contributed by atoms with Gasteiger partial charge < -0.3 is 4.57 Å². The summed E-state index contributed by atoms with van der Waals surface area (Å²) in [6.07, 6.45) is 25.6. The molecule has 0 radical (unpaired) electrons. The van der Waals surface area contributed by atoms with E-state index in [9.17, 15) is 0 Å². The second-order valence-corrected chi connectivity index (χ2v) is 9.29. The van der Waals surface area contributed by atoms with Gasteiger partial charge in [-0.3, -0.25) is 0 Å². The van der Waals surface area contributed by atoms with E-state index in [1.807, 2.05) is 12.2 Å². The van der Waals surface area contributed by atoms with Crippen molar-refractivity contribution < 1.29 is 0 Å². The van der Waals surface area contributed by atoms with Crippen molar-refractivity contribution in [2.24, 2.45) is 5.92 Å². The van der Waals surface area contributed by atoms with Crippen LogP contribution >= 0.6 is 0 Å². The van der Waals surface area contributed by atoms with E-state index in [1.54, 1.807) is 11.6 Å². The van der Waals surface area contributed by atoms with E-state index in [2.05, 4.69) is 117 Å². The van der Waals surface area contributed by atoms with Gasteiger partial charge in [0.25, 0.3) is 0 Å². The summed E-state index contributed by atoms with van der Waals surface area (Å²) < 4.78 is 2.33. The fraction of sp³-hybridized carbons (Fsp3) is 0.235. The lowest BCUT2D eigenvalue weighted by atomic mass is 9.88. The van der Waals surface area contributed by atoms with Gasteiger partial charge in [-0.1, -0.05) is 105 Å². The molecular formula is C34H37N. The average molecular weight is 460 g/mol. The maximum atomic E-state index is 3.76. The summed E-state index contributed by atoms with van der Waals surface area (Å²) in [5.41, 5.74) is 9.41. The lowest BCUT2D eigenvalue weighted by Gasteiger charge is -2.18. The number of rotatable bonds is 9. The van der Waals surface area contributed by atoms with E-state index in [0.717, 1.165) is 12.8 Å². The maximum Gasteiger partial charge on any atom is 0.0532 e. The van der Waals surface area contributed by atoms with Crippen LogP contribution in [0.15, 0.2) is 103 Å². The molecule has 35 heavy (non-hydrogen) atoms. The highest BCUT2D eigenvalue weighted by atomic mass is 15.0. The topological polar surface area (TPSA) is 4.93 Å². The van der Waals surface area contributed by atoms with Gasteiger partial charge in [0.15, 0.2) is 0 Å². The van der Waals surface area contributed by atoms with Gasteiger partial charge in [-0.25, -0.2) is 0 Å². The SMILES string of the molecule is C=C/C=C\C=C/n1c(CC)c(/C=C\C)c2cc(-c3cccc(CC(C)C4=CC=CCC4)c3)ccc21. The van der Waals surface area contributed by atoms with Crippen molar-refractivity contribution in [2.45, 2.75) is 46.5 Å². The Hall–Kier alpha value is -3.58. The molecular weight excluding hydrogens is 422 g/mol. The predicted octanol–water partition coefficient (Wildman–Crippen LogP) is 9.57. The van der Waals surface area contributed by atoms with E-state index in [-0.39, 0.29) is 0 Å². The largest absolute Gasteiger partial charge is 0.320 e. The third-order valence-electron chi connectivity index (χ3n) is 6.89. The van der Waals surface area contributed by atoms with Crippen molar-refractivity contribution in [3.05, 3.63) is 120 Å². The monoisotopic (exact) mass is 459 g/mol. The number of benzene rings is 2. The summed E-state index contributed by atoms with van der Waals surface area (Å²) in [6.45, 7) is 10.4. The first-order valence-electron chi connectivity index (χ1n) is 12.9. The average Bonchev–Trinajstić information content (AvgIpc) is 3.19. The molecule has 0 fully saturated rings. The van der Waals surface area contributed by atoms with Crippen LogP contribution in [0, 0.1) is 5.92 Å². The van der Waals surface area contributed by atoms with Gasteiger partial charge in [0, 0.05) is 22.8 Å². The molecule has 1 nitrogen and oxygen atoms in total. The number of nitrogens with zero attached hydrogens (tertiary/aromatic N) is 1. The van der Waals surface area contributed by atoms with Crippen molar-refractivity contribution in [1.29, 1.82) is 0 Å². The third kappa shape index (κ3) is 5.57. The zero-order valence-electron chi connectivity index (χ0n) is 21.4. The molecule has 1 aliphatic carbocycles. The van der Waals surface area contributed by atoms with Crippen LogP contribution in [0.1, 0.15) is 50.4 Å². The van der Waals surface area contributed by atoms with Crippen molar-refractivity contribution in [3.63, 3.8) is 0 Å². The molecule has 0 amide bonds.